The van der Waals surface area contributed by atoms with E-state index < -0.39 is 0 Å². The van der Waals surface area contributed by atoms with Gasteiger partial charge in [-0.1, -0.05) is 48.7 Å². The highest BCUT2D eigenvalue weighted by molar-refractivity contribution is 6.31. The van der Waals surface area contributed by atoms with E-state index in [4.69, 9.17) is 16.6 Å². The number of halogens is 1. The molecule has 0 spiro atoms. The number of hydrogen-bond acceptors (Lipinski definition) is 2. The minimum atomic E-state index is 0.162. The summed E-state index contributed by atoms with van der Waals surface area (Å²) in [5.74, 6) is 0.162. The number of para-hydroxylation sites is 1. The molecule has 1 aliphatic rings. The van der Waals surface area contributed by atoms with Crippen LogP contribution in [0.1, 0.15) is 44.1 Å². The fourth-order valence-electron chi connectivity index (χ4n) is 4.70. The highest BCUT2D eigenvalue weighted by Gasteiger charge is 2.18. The molecular weight excluding hydrogens is 406 g/mol. The molecule has 4 nitrogen and oxygen atoms in total. The Morgan fingerprint density at radius 3 is 2.81 bits per heavy atom. The second kappa shape index (κ2) is 8.72. The normalized spacial score (nSPS) is 14.5. The number of aromatic amines is 1. The van der Waals surface area contributed by atoms with Gasteiger partial charge in [0, 0.05) is 33.8 Å². The predicted molar refractivity (Wildman–Crippen MR) is 127 cm³/mol. The highest BCUT2D eigenvalue weighted by atomic mass is 35.5. The Morgan fingerprint density at radius 2 is 1.94 bits per heavy atom. The van der Waals surface area contributed by atoms with Crippen LogP contribution < -0.4 is 5.32 Å². The lowest BCUT2D eigenvalue weighted by Crippen LogP contribution is -2.32. The van der Waals surface area contributed by atoms with Crippen molar-refractivity contribution in [3.8, 4) is 11.4 Å². The molecule has 2 heterocycles. The summed E-state index contributed by atoms with van der Waals surface area (Å²) in [7, 11) is 0. The van der Waals surface area contributed by atoms with E-state index in [-0.39, 0.29) is 5.91 Å². The average molecular weight is 432 g/mol. The molecule has 1 amide bonds. The number of fused-ring (bicyclic) bond motifs is 2. The molecule has 0 radical (unpaired) electrons. The first kappa shape index (κ1) is 20.1. The molecule has 1 saturated carbocycles. The Kier molecular flexibility index (Phi) is 5.65. The number of carbonyl (C=O) groups excluding carboxylic acids is 1. The van der Waals surface area contributed by atoms with Gasteiger partial charge in [0.05, 0.1) is 16.9 Å². The first-order valence-corrected chi connectivity index (χ1v) is 11.5. The SMILES string of the molecule is O=C(CCCc1c(-c2ccc3ccccc3n2)[nH]c2ccc(Cl)cc12)NC1CCCC1. The molecule has 158 valence electrons. The number of benzene rings is 2. The molecule has 1 aliphatic carbocycles. The van der Waals surface area contributed by atoms with E-state index in [2.05, 4.69) is 28.5 Å². The smallest absolute Gasteiger partial charge is 0.220 e. The largest absolute Gasteiger partial charge is 0.353 e. The highest BCUT2D eigenvalue weighted by Crippen LogP contribution is 2.33. The van der Waals surface area contributed by atoms with Crippen molar-refractivity contribution in [2.45, 2.75) is 51.0 Å². The molecule has 0 bridgehead atoms. The van der Waals surface area contributed by atoms with Crippen LogP contribution in [0.4, 0.5) is 0 Å². The zero-order valence-corrected chi connectivity index (χ0v) is 18.2. The van der Waals surface area contributed by atoms with Crippen LogP contribution in [0.25, 0.3) is 33.2 Å². The Hall–Kier alpha value is -2.85. The maximum atomic E-state index is 12.4. The topological polar surface area (TPSA) is 57.8 Å². The number of aromatic nitrogens is 2. The number of nitrogens with one attached hydrogen (secondary N) is 2. The van der Waals surface area contributed by atoms with Crippen molar-refractivity contribution in [1.29, 1.82) is 0 Å². The fraction of sp³-hybridized carbons (Fsp3) is 0.308. The van der Waals surface area contributed by atoms with Crippen molar-refractivity contribution in [2.24, 2.45) is 0 Å². The van der Waals surface area contributed by atoms with E-state index in [1.807, 2.05) is 36.4 Å². The van der Waals surface area contributed by atoms with Crippen LogP contribution in [0.2, 0.25) is 5.02 Å². The first-order chi connectivity index (χ1) is 15.2. The maximum Gasteiger partial charge on any atom is 0.220 e. The molecule has 1 fully saturated rings. The van der Waals surface area contributed by atoms with Crippen LogP contribution in [0.3, 0.4) is 0 Å². The average Bonchev–Trinajstić information content (AvgIpc) is 3.41. The van der Waals surface area contributed by atoms with Gasteiger partial charge in [-0.15, -0.1) is 0 Å². The summed E-state index contributed by atoms with van der Waals surface area (Å²) in [6.07, 6.45) is 6.80. The van der Waals surface area contributed by atoms with E-state index in [9.17, 15) is 4.79 Å². The third-order valence-corrected chi connectivity index (χ3v) is 6.51. The van der Waals surface area contributed by atoms with Crippen molar-refractivity contribution < 1.29 is 4.79 Å². The van der Waals surface area contributed by atoms with Crippen LogP contribution in [-0.2, 0) is 11.2 Å². The Labute approximate surface area is 187 Å². The minimum Gasteiger partial charge on any atom is -0.353 e. The van der Waals surface area contributed by atoms with Gasteiger partial charge in [0.25, 0.3) is 0 Å². The number of carbonyl (C=O) groups is 1. The number of pyridine rings is 1. The third-order valence-electron chi connectivity index (χ3n) is 6.27. The summed E-state index contributed by atoms with van der Waals surface area (Å²) < 4.78 is 0. The lowest BCUT2D eigenvalue weighted by molar-refractivity contribution is -0.121. The number of nitrogens with zero attached hydrogens (tertiary/aromatic N) is 1. The lowest BCUT2D eigenvalue weighted by atomic mass is 10.0. The molecular formula is C26H26ClN3O. The van der Waals surface area contributed by atoms with Gasteiger partial charge in [0.2, 0.25) is 5.91 Å². The number of amides is 1. The summed E-state index contributed by atoms with van der Waals surface area (Å²) >= 11 is 6.31. The third kappa shape index (κ3) is 4.31. The van der Waals surface area contributed by atoms with Crippen LogP contribution in [-0.4, -0.2) is 21.9 Å². The van der Waals surface area contributed by atoms with Gasteiger partial charge in [0.15, 0.2) is 0 Å². The monoisotopic (exact) mass is 431 g/mol. The summed E-state index contributed by atoms with van der Waals surface area (Å²) in [5, 5.41) is 6.13. The zero-order chi connectivity index (χ0) is 21.2. The second-order valence-electron chi connectivity index (χ2n) is 8.46. The van der Waals surface area contributed by atoms with Gasteiger partial charge in [-0.2, -0.15) is 0 Å². The van der Waals surface area contributed by atoms with E-state index >= 15 is 0 Å². The molecule has 4 aromatic rings. The number of H-pyrrole nitrogens is 1. The zero-order valence-electron chi connectivity index (χ0n) is 17.5. The Bertz CT molecular complexity index is 1240. The van der Waals surface area contributed by atoms with Crippen LogP contribution in [0.5, 0.6) is 0 Å². The summed E-state index contributed by atoms with van der Waals surface area (Å²) in [4.78, 5) is 20.8. The number of aryl methyl sites for hydroxylation is 1. The van der Waals surface area contributed by atoms with E-state index in [1.165, 1.54) is 18.4 Å². The molecule has 2 N–H and O–H groups in total. The molecule has 0 unspecified atom stereocenters. The lowest BCUT2D eigenvalue weighted by Gasteiger charge is -2.12. The van der Waals surface area contributed by atoms with Gasteiger partial charge in [-0.3, -0.25) is 4.79 Å². The number of hydrogen-bond donors (Lipinski definition) is 2. The van der Waals surface area contributed by atoms with Crippen molar-refractivity contribution in [3.63, 3.8) is 0 Å². The molecule has 0 atom stereocenters. The van der Waals surface area contributed by atoms with Gasteiger partial charge in [-0.05, 0) is 61.6 Å². The molecule has 0 saturated heterocycles. The van der Waals surface area contributed by atoms with Crippen LogP contribution >= 0.6 is 11.6 Å². The first-order valence-electron chi connectivity index (χ1n) is 11.1. The molecule has 2 aromatic heterocycles. The molecule has 2 aromatic carbocycles. The molecule has 5 heteroatoms. The second-order valence-corrected chi connectivity index (χ2v) is 8.90. The van der Waals surface area contributed by atoms with E-state index in [0.29, 0.717) is 17.5 Å². The van der Waals surface area contributed by atoms with Gasteiger partial charge < -0.3 is 10.3 Å². The Balaban J connectivity index is 1.42. The van der Waals surface area contributed by atoms with Gasteiger partial charge in [-0.25, -0.2) is 4.98 Å². The summed E-state index contributed by atoms with van der Waals surface area (Å²) in [6.45, 7) is 0. The van der Waals surface area contributed by atoms with E-state index in [0.717, 1.165) is 58.9 Å². The summed E-state index contributed by atoms with van der Waals surface area (Å²) in [5.41, 5.74) is 5.11. The number of rotatable bonds is 6. The standard InChI is InChI=1S/C26H26ClN3O/c27-18-13-15-23-21(16-18)20(9-5-11-25(31)28-19-7-2-3-8-19)26(30-23)24-14-12-17-6-1-4-10-22(17)29-24/h1,4,6,10,12-16,19,30H,2-3,5,7-9,11H2,(H,28,31). The van der Waals surface area contributed by atoms with Gasteiger partial charge in [0.1, 0.15) is 0 Å². The van der Waals surface area contributed by atoms with Gasteiger partial charge >= 0.3 is 0 Å². The van der Waals surface area contributed by atoms with Crippen molar-refractivity contribution in [2.75, 3.05) is 0 Å². The van der Waals surface area contributed by atoms with Crippen molar-refractivity contribution in [3.05, 3.63) is 65.2 Å². The minimum absolute atomic E-state index is 0.162. The quantitative estimate of drug-likeness (QED) is 0.370. The Morgan fingerprint density at radius 1 is 1.10 bits per heavy atom. The van der Waals surface area contributed by atoms with Crippen LogP contribution in [0.15, 0.2) is 54.6 Å². The molecule has 5 rings (SSSR count). The van der Waals surface area contributed by atoms with Crippen LogP contribution in [0, 0.1) is 0 Å². The van der Waals surface area contributed by atoms with Crippen molar-refractivity contribution >= 4 is 39.3 Å². The predicted octanol–water partition coefficient (Wildman–Crippen LogP) is 6.42. The maximum absolute atomic E-state index is 12.4. The summed E-state index contributed by atoms with van der Waals surface area (Å²) in [6, 6.07) is 18.6. The van der Waals surface area contributed by atoms with E-state index in [1.54, 1.807) is 0 Å². The van der Waals surface area contributed by atoms with Crippen molar-refractivity contribution in [1.82, 2.24) is 15.3 Å². The fourth-order valence-corrected chi connectivity index (χ4v) is 4.87. The molecule has 31 heavy (non-hydrogen) atoms. The molecule has 0 aliphatic heterocycles.